The number of hydrogen-bond acceptors (Lipinski definition) is 3. The van der Waals surface area contributed by atoms with E-state index in [1.54, 1.807) is 7.11 Å². The molecule has 1 N–H and O–H groups in total. The van der Waals surface area contributed by atoms with Gasteiger partial charge in [-0.3, -0.25) is 0 Å². The van der Waals surface area contributed by atoms with Crippen LogP contribution in [0.2, 0.25) is 10.0 Å². The van der Waals surface area contributed by atoms with E-state index in [1.165, 1.54) is 12.1 Å². The molecule has 1 rings (SSSR count). The Hall–Kier alpha value is 0.150. The zero-order chi connectivity index (χ0) is 14.6. The number of benzene rings is 1. The van der Waals surface area contributed by atoms with Crippen LogP contribution in [0.3, 0.4) is 0 Å². The molecule has 0 bridgehead atoms. The third kappa shape index (κ3) is 4.88. The SMILES string of the molecule is COCC(C)CNS(=O)(=O)c1c(Cl)cc(Br)cc1Cl. The van der Waals surface area contributed by atoms with E-state index in [0.717, 1.165) is 0 Å². The Balaban J connectivity index is 2.95. The van der Waals surface area contributed by atoms with E-state index in [0.29, 0.717) is 11.1 Å². The fraction of sp³-hybridized carbons (Fsp3) is 0.455. The number of halogens is 3. The third-order valence-corrected chi connectivity index (χ3v) is 5.11. The van der Waals surface area contributed by atoms with Gasteiger partial charge in [-0.15, -0.1) is 0 Å². The first-order valence-electron chi connectivity index (χ1n) is 5.41. The lowest BCUT2D eigenvalue weighted by molar-refractivity contribution is 0.161. The van der Waals surface area contributed by atoms with Gasteiger partial charge in [-0.1, -0.05) is 46.1 Å². The highest BCUT2D eigenvalue weighted by atomic mass is 79.9. The molecule has 0 heterocycles. The summed E-state index contributed by atoms with van der Waals surface area (Å²) in [7, 11) is -2.18. The smallest absolute Gasteiger partial charge is 0.243 e. The molecule has 0 aliphatic heterocycles. The molecule has 0 saturated carbocycles. The lowest BCUT2D eigenvalue weighted by Crippen LogP contribution is -2.30. The molecule has 19 heavy (non-hydrogen) atoms. The first-order chi connectivity index (χ1) is 8.77. The van der Waals surface area contributed by atoms with Gasteiger partial charge in [0.1, 0.15) is 4.90 Å². The van der Waals surface area contributed by atoms with Crippen molar-refractivity contribution < 1.29 is 13.2 Å². The Bertz CT molecular complexity index is 528. The summed E-state index contributed by atoms with van der Waals surface area (Å²) in [6.45, 7) is 2.58. The fourth-order valence-corrected chi connectivity index (χ4v) is 4.55. The van der Waals surface area contributed by atoms with Gasteiger partial charge in [-0.2, -0.15) is 0 Å². The van der Waals surface area contributed by atoms with Crippen LogP contribution in [-0.4, -0.2) is 28.7 Å². The lowest BCUT2D eigenvalue weighted by Gasteiger charge is -2.14. The fourth-order valence-electron chi connectivity index (χ4n) is 1.45. The molecule has 0 fully saturated rings. The van der Waals surface area contributed by atoms with Gasteiger partial charge in [0.25, 0.3) is 0 Å². The van der Waals surface area contributed by atoms with Gasteiger partial charge in [-0.05, 0) is 18.1 Å². The van der Waals surface area contributed by atoms with E-state index < -0.39 is 10.0 Å². The molecule has 1 atom stereocenters. The molecule has 1 aromatic carbocycles. The average Bonchev–Trinajstić information content (AvgIpc) is 2.25. The predicted octanol–water partition coefficient (Wildman–Crippen LogP) is 3.32. The topological polar surface area (TPSA) is 55.4 Å². The van der Waals surface area contributed by atoms with Crippen molar-refractivity contribution in [2.45, 2.75) is 11.8 Å². The average molecular weight is 391 g/mol. The lowest BCUT2D eigenvalue weighted by atomic mass is 10.2. The van der Waals surface area contributed by atoms with Crippen LogP contribution < -0.4 is 4.72 Å². The van der Waals surface area contributed by atoms with Crippen LogP contribution in [0.5, 0.6) is 0 Å². The quantitative estimate of drug-likeness (QED) is 0.810. The zero-order valence-electron chi connectivity index (χ0n) is 10.4. The number of hydrogen-bond donors (Lipinski definition) is 1. The van der Waals surface area contributed by atoms with E-state index in [4.69, 9.17) is 27.9 Å². The summed E-state index contributed by atoms with van der Waals surface area (Å²) >= 11 is 15.1. The van der Waals surface area contributed by atoms with Crippen LogP contribution in [-0.2, 0) is 14.8 Å². The summed E-state index contributed by atoms with van der Waals surface area (Å²) < 4.78 is 32.3. The second-order valence-electron chi connectivity index (χ2n) is 4.11. The Morgan fingerprint density at radius 1 is 1.37 bits per heavy atom. The van der Waals surface area contributed by atoms with Gasteiger partial charge in [-0.25, -0.2) is 13.1 Å². The molecule has 1 unspecified atom stereocenters. The number of ether oxygens (including phenoxy) is 1. The minimum absolute atomic E-state index is 0.0489. The molecule has 0 aliphatic rings. The van der Waals surface area contributed by atoms with Crippen molar-refractivity contribution in [2.75, 3.05) is 20.3 Å². The molecule has 4 nitrogen and oxygen atoms in total. The predicted molar refractivity (Wildman–Crippen MR) is 80.4 cm³/mol. The molecule has 8 heteroatoms. The van der Waals surface area contributed by atoms with E-state index in [2.05, 4.69) is 20.7 Å². The van der Waals surface area contributed by atoms with E-state index >= 15 is 0 Å². The van der Waals surface area contributed by atoms with E-state index in [1.807, 2.05) is 6.92 Å². The standard InChI is InChI=1S/C11H14BrCl2NO3S/c1-7(6-18-2)5-15-19(16,17)11-9(13)3-8(12)4-10(11)14/h3-4,7,15H,5-6H2,1-2H3. The maximum absolute atomic E-state index is 12.2. The van der Waals surface area contributed by atoms with Crippen LogP contribution in [0.15, 0.2) is 21.5 Å². The molecule has 108 valence electrons. The first-order valence-corrected chi connectivity index (χ1v) is 8.44. The van der Waals surface area contributed by atoms with Gasteiger partial charge in [0.2, 0.25) is 10.0 Å². The Morgan fingerprint density at radius 3 is 2.37 bits per heavy atom. The highest BCUT2D eigenvalue weighted by molar-refractivity contribution is 9.10. The molecular weight excluding hydrogens is 377 g/mol. The minimum Gasteiger partial charge on any atom is -0.384 e. The first kappa shape index (κ1) is 17.2. The second-order valence-corrected chi connectivity index (χ2v) is 7.54. The Labute approximate surface area is 131 Å². The summed E-state index contributed by atoms with van der Waals surface area (Å²) in [6, 6.07) is 2.97. The van der Waals surface area contributed by atoms with Crippen molar-refractivity contribution in [3.63, 3.8) is 0 Å². The summed E-state index contributed by atoms with van der Waals surface area (Å²) in [5.74, 6) is 0.0489. The van der Waals surface area contributed by atoms with Gasteiger partial charge >= 0.3 is 0 Å². The summed E-state index contributed by atoms with van der Waals surface area (Å²) in [5.41, 5.74) is 0. The number of sulfonamides is 1. The second kappa shape index (κ2) is 7.24. The largest absolute Gasteiger partial charge is 0.384 e. The third-order valence-electron chi connectivity index (χ3n) is 2.30. The Morgan fingerprint density at radius 2 is 1.89 bits per heavy atom. The van der Waals surface area contributed by atoms with Crippen LogP contribution >= 0.6 is 39.1 Å². The molecule has 0 radical (unpaired) electrons. The van der Waals surface area contributed by atoms with Crippen molar-refractivity contribution in [1.82, 2.24) is 4.72 Å². The summed E-state index contributed by atoms with van der Waals surface area (Å²) in [6.07, 6.45) is 0. The van der Waals surface area contributed by atoms with Crippen LogP contribution in [0, 0.1) is 5.92 Å². The highest BCUT2D eigenvalue weighted by Gasteiger charge is 2.22. The van der Waals surface area contributed by atoms with Crippen molar-refractivity contribution in [3.8, 4) is 0 Å². The summed E-state index contributed by atoms with van der Waals surface area (Å²) in [4.78, 5) is -0.108. The van der Waals surface area contributed by atoms with Gasteiger partial charge in [0, 0.05) is 24.7 Å². The number of rotatable bonds is 6. The molecule has 1 aromatic rings. The monoisotopic (exact) mass is 389 g/mol. The van der Waals surface area contributed by atoms with Crippen LogP contribution in [0.1, 0.15) is 6.92 Å². The van der Waals surface area contributed by atoms with Gasteiger partial charge < -0.3 is 4.74 Å². The molecule has 0 amide bonds. The van der Waals surface area contributed by atoms with E-state index in [-0.39, 0.29) is 27.4 Å². The zero-order valence-corrected chi connectivity index (χ0v) is 14.3. The van der Waals surface area contributed by atoms with Crippen molar-refractivity contribution in [3.05, 3.63) is 26.7 Å². The molecular formula is C11H14BrCl2NO3S. The summed E-state index contributed by atoms with van der Waals surface area (Å²) in [5, 5.41) is 0.150. The molecule has 0 aromatic heterocycles. The maximum Gasteiger partial charge on any atom is 0.243 e. The van der Waals surface area contributed by atoms with Crippen LogP contribution in [0.25, 0.3) is 0 Å². The van der Waals surface area contributed by atoms with Crippen molar-refractivity contribution in [2.24, 2.45) is 5.92 Å². The number of methoxy groups -OCH3 is 1. The van der Waals surface area contributed by atoms with Crippen LogP contribution in [0.4, 0.5) is 0 Å². The van der Waals surface area contributed by atoms with Crippen molar-refractivity contribution in [1.29, 1.82) is 0 Å². The maximum atomic E-state index is 12.2. The van der Waals surface area contributed by atoms with Crippen molar-refractivity contribution >= 4 is 49.2 Å². The Kier molecular flexibility index (Phi) is 6.56. The molecule has 0 aliphatic carbocycles. The molecule has 0 saturated heterocycles. The van der Waals surface area contributed by atoms with Gasteiger partial charge in [0.05, 0.1) is 10.0 Å². The normalized spacial score (nSPS) is 13.5. The van der Waals surface area contributed by atoms with Gasteiger partial charge in [0.15, 0.2) is 0 Å². The molecule has 0 spiro atoms. The number of nitrogens with one attached hydrogen (secondary N) is 1. The van der Waals surface area contributed by atoms with E-state index in [9.17, 15) is 8.42 Å². The minimum atomic E-state index is -3.74. The highest BCUT2D eigenvalue weighted by Crippen LogP contribution is 2.32.